The highest BCUT2D eigenvalue weighted by molar-refractivity contribution is 9.10. The van der Waals surface area contributed by atoms with Crippen molar-refractivity contribution in [1.82, 2.24) is 0 Å². The second kappa shape index (κ2) is 3.43. The van der Waals surface area contributed by atoms with Crippen molar-refractivity contribution in [2.24, 2.45) is 5.73 Å². The van der Waals surface area contributed by atoms with Crippen molar-refractivity contribution in [3.63, 3.8) is 0 Å². The van der Waals surface area contributed by atoms with Gasteiger partial charge in [-0.1, -0.05) is 28.1 Å². The molecule has 1 atom stereocenters. The fourth-order valence-electron chi connectivity index (χ4n) is 1.37. The first-order chi connectivity index (χ1) is 5.96. The monoisotopic (exact) mass is 283 g/mol. The molecule has 0 saturated heterocycles. The maximum Gasteiger partial charge on any atom is 0.272 e. The summed E-state index contributed by atoms with van der Waals surface area (Å²) < 4.78 is 26.5. The van der Waals surface area contributed by atoms with E-state index in [9.17, 15) is 8.78 Å². The van der Waals surface area contributed by atoms with Gasteiger partial charge >= 0.3 is 0 Å². The van der Waals surface area contributed by atoms with Crippen LogP contribution in [0.5, 0.6) is 0 Å². The van der Waals surface area contributed by atoms with E-state index in [1.807, 2.05) is 0 Å². The van der Waals surface area contributed by atoms with Crippen LogP contribution in [0.4, 0.5) is 8.78 Å². The van der Waals surface area contributed by atoms with E-state index in [2.05, 4.69) is 15.9 Å². The van der Waals surface area contributed by atoms with Gasteiger partial charge in [0.25, 0.3) is 5.92 Å². The van der Waals surface area contributed by atoms with Crippen LogP contribution in [0.25, 0.3) is 0 Å². The molecule has 0 amide bonds. The zero-order valence-corrected chi connectivity index (χ0v) is 9.54. The van der Waals surface area contributed by atoms with E-state index < -0.39 is 11.5 Å². The number of alkyl halides is 2. The number of halogens is 4. The molecule has 1 nitrogen and oxygen atoms in total. The Hall–Kier alpha value is -0.190. The zero-order valence-electron chi connectivity index (χ0n) is 7.14. The van der Waals surface area contributed by atoms with Crippen molar-refractivity contribution in [3.8, 4) is 0 Å². The third-order valence-corrected chi connectivity index (χ3v) is 2.92. The average Bonchev–Trinajstić information content (AvgIpc) is 2.53. The first kappa shape index (κ1) is 11.9. The molecule has 0 spiro atoms. The van der Waals surface area contributed by atoms with Crippen LogP contribution in [0.3, 0.4) is 0 Å². The Morgan fingerprint density at radius 3 is 2.00 bits per heavy atom. The van der Waals surface area contributed by atoms with Gasteiger partial charge in [0.1, 0.15) is 5.54 Å². The molecule has 1 unspecified atom stereocenters. The van der Waals surface area contributed by atoms with E-state index in [1.54, 1.807) is 24.3 Å². The zero-order chi connectivity index (χ0) is 9.69. The number of nitrogens with two attached hydrogens (primary N) is 1. The van der Waals surface area contributed by atoms with Crippen LogP contribution >= 0.6 is 28.3 Å². The number of hydrogen-bond acceptors (Lipinski definition) is 1. The molecular formula is C9H9BrClF2N. The summed E-state index contributed by atoms with van der Waals surface area (Å²) in [5.41, 5.74) is 4.61. The minimum absolute atomic E-state index is 0. The van der Waals surface area contributed by atoms with Crippen LogP contribution < -0.4 is 5.73 Å². The molecule has 1 aromatic carbocycles. The highest BCUT2D eigenvalue weighted by Crippen LogP contribution is 2.57. The van der Waals surface area contributed by atoms with Gasteiger partial charge in [-0.3, -0.25) is 0 Å². The molecule has 0 aromatic heterocycles. The standard InChI is InChI=1S/C9H8BrF2N.ClH/c10-7-3-1-6(2-4-7)8(13)5-9(8,11)12;/h1-4H,5,13H2;1H. The lowest BCUT2D eigenvalue weighted by Crippen LogP contribution is -2.26. The molecule has 78 valence electrons. The third kappa shape index (κ3) is 1.66. The van der Waals surface area contributed by atoms with Crippen molar-refractivity contribution in [1.29, 1.82) is 0 Å². The van der Waals surface area contributed by atoms with E-state index in [-0.39, 0.29) is 18.8 Å². The second-order valence-electron chi connectivity index (χ2n) is 3.36. The normalized spacial score (nSPS) is 28.0. The second-order valence-corrected chi connectivity index (χ2v) is 4.28. The van der Waals surface area contributed by atoms with Gasteiger partial charge in [0.2, 0.25) is 0 Å². The van der Waals surface area contributed by atoms with Gasteiger partial charge in [0.05, 0.1) is 0 Å². The summed E-state index contributed by atoms with van der Waals surface area (Å²) in [4.78, 5) is 0. The molecule has 1 aliphatic carbocycles. The third-order valence-electron chi connectivity index (χ3n) is 2.39. The molecule has 1 aromatic rings. The summed E-state index contributed by atoms with van der Waals surface area (Å²) in [6.45, 7) is 0. The van der Waals surface area contributed by atoms with Crippen molar-refractivity contribution in [3.05, 3.63) is 34.3 Å². The number of rotatable bonds is 1. The molecule has 1 aliphatic rings. The number of hydrogen-bond donors (Lipinski definition) is 1. The fourth-order valence-corrected chi connectivity index (χ4v) is 1.63. The lowest BCUT2D eigenvalue weighted by Gasteiger charge is -2.10. The van der Waals surface area contributed by atoms with E-state index in [0.29, 0.717) is 5.56 Å². The van der Waals surface area contributed by atoms with Gasteiger partial charge in [0.15, 0.2) is 0 Å². The average molecular weight is 285 g/mol. The van der Waals surface area contributed by atoms with Crippen molar-refractivity contribution >= 4 is 28.3 Å². The summed E-state index contributed by atoms with van der Waals surface area (Å²) in [7, 11) is 0. The van der Waals surface area contributed by atoms with Crippen molar-refractivity contribution < 1.29 is 8.78 Å². The highest BCUT2D eigenvalue weighted by atomic mass is 79.9. The van der Waals surface area contributed by atoms with E-state index >= 15 is 0 Å². The van der Waals surface area contributed by atoms with Gasteiger partial charge in [-0.05, 0) is 17.7 Å². The Labute approximate surface area is 95.2 Å². The topological polar surface area (TPSA) is 26.0 Å². The fraction of sp³-hybridized carbons (Fsp3) is 0.333. The summed E-state index contributed by atoms with van der Waals surface area (Å²) >= 11 is 3.23. The summed E-state index contributed by atoms with van der Waals surface area (Å²) in [5.74, 6) is -2.74. The summed E-state index contributed by atoms with van der Waals surface area (Å²) in [6, 6.07) is 6.70. The van der Waals surface area contributed by atoms with Gasteiger partial charge in [0, 0.05) is 10.9 Å². The van der Waals surface area contributed by atoms with Crippen LogP contribution in [0.15, 0.2) is 28.7 Å². The first-order valence-electron chi connectivity index (χ1n) is 3.88. The van der Waals surface area contributed by atoms with Crippen LogP contribution in [0.2, 0.25) is 0 Å². The molecule has 5 heteroatoms. The predicted molar refractivity (Wildman–Crippen MR) is 56.8 cm³/mol. The Morgan fingerprint density at radius 2 is 1.64 bits per heavy atom. The SMILES string of the molecule is Cl.NC1(c2ccc(Br)cc2)CC1(F)F. The number of benzene rings is 1. The molecule has 0 radical (unpaired) electrons. The molecule has 2 rings (SSSR count). The Balaban J connectivity index is 0.000000980. The first-order valence-corrected chi connectivity index (χ1v) is 4.68. The van der Waals surface area contributed by atoms with E-state index in [1.165, 1.54) is 0 Å². The molecule has 0 heterocycles. The predicted octanol–water partition coefficient (Wildman–Crippen LogP) is 3.06. The van der Waals surface area contributed by atoms with Gasteiger partial charge in [-0.15, -0.1) is 12.4 Å². The molecule has 1 fully saturated rings. The van der Waals surface area contributed by atoms with Gasteiger partial charge in [-0.2, -0.15) is 0 Å². The minimum atomic E-state index is -2.74. The summed E-state index contributed by atoms with van der Waals surface area (Å²) in [5, 5.41) is 0. The quantitative estimate of drug-likeness (QED) is 0.843. The highest BCUT2D eigenvalue weighted by Gasteiger charge is 2.69. The van der Waals surface area contributed by atoms with E-state index in [4.69, 9.17) is 5.73 Å². The maximum absolute atomic E-state index is 12.8. The molecule has 14 heavy (non-hydrogen) atoms. The smallest absolute Gasteiger partial charge is 0.272 e. The molecule has 2 N–H and O–H groups in total. The maximum atomic E-state index is 12.8. The van der Waals surface area contributed by atoms with Crippen molar-refractivity contribution in [2.45, 2.75) is 17.9 Å². The summed E-state index contributed by atoms with van der Waals surface area (Å²) in [6.07, 6.45) is -0.248. The largest absolute Gasteiger partial charge is 0.316 e. The Bertz CT molecular complexity index is 341. The Morgan fingerprint density at radius 1 is 1.21 bits per heavy atom. The van der Waals surface area contributed by atoms with Gasteiger partial charge in [-0.25, -0.2) is 8.78 Å². The molecule has 0 bridgehead atoms. The Kier molecular flexibility index (Phi) is 2.91. The molecule has 0 aliphatic heterocycles. The lowest BCUT2D eigenvalue weighted by molar-refractivity contribution is 0.0891. The van der Waals surface area contributed by atoms with Crippen molar-refractivity contribution in [2.75, 3.05) is 0 Å². The van der Waals surface area contributed by atoms with Gasteiger partial charge < -0.3 is 5.73 Å². The minimum Gasteiger partial charge on any atom is -0.316 e. The molecule has 1 saturated carbocycles. The lowest BCUT2D eigenvalue weighted by atomic mass is 10.1. The van der Waals surface area contributed by atoms with Crippen LogP contribution in [-0.4, -0.2) is 5.92 Å². The van der Waals surface area contributed by atoms with Crippen LogP contribution in [-0.2, 0) is 5.54 Å². The van der Waals surface area contributed by atoms with Crippen LogP contribution in [0, 0.1) is 0 Å². The van der Waals surface area contributed by atoms with Crippen LogP contribution in [0.1, 0.15) is 12.0 Å². The molecular weight excluding hydrogens is 275 g/mol. The van der Waals surface area contributed by atoms with E-state index in [0.717, 1.165) is 4.47 Å².